The molecule has 0 aliphatic rings. The molecule has 0 unspecified atom stereocenters. The maximum absolute atomic E-state index is 13.7. The average molecular weight is 392 g/mol. The number of hydrogen-bond donors (Lipinski definition) is 1. The molecular formula is C18H18F2N4O2S. The number of aromatic nitrogens is 3. The Kier molecular flexibility index (Phi) is 5.59. The van der Waals surface area contributed by atoms with Gasteiger partial charge in [0.1, 0.15) is 17.4 Å². The van der Waals surface area contributed by atoms with Crippen molar-refractivity contribution in [1.29, 1.82) is 0 Å². The number of carbonyl (C=O) groups excluding carboxylic acids is 1. The molecule has 1 amide bonds. The Labute approximate surface area is 159 Å². The summed E-state index contributed by atoms with van der Waals surface area (Å²) in [6, 6.07) is 4.81. The van der Waals surface area contributed by atoms with Crippen molar-refractivity contribution in [1.82, 2.24) is 14.8 Å². The minimum absolute atomic E-state index is 0.0690. The lowest BCUT2D eigenvalue weighted by Crippen LogP contribution is -2.23. The van der Waals surface area contributed by atoms with Gasteiger partial charge in [0.25, 0.3) is 0 Å². The summed E-state index contributed by atoms with van der Waals surface area (Å²) in [5.41, 5.74) is 0.766. The van der Waals surface area contributed by atoms with Gasteiger partial charge in [-0.25, -0.2) is 8.78 Å². The molecule has 1 aromatic carbocycles. The molecule has 0 saturated carbocycles. The normalized spacial score (nSPS) is 12.2. The highest BCUT2D eigenvalue weighted by atomic mass is 32.2. The highest BCUT2D eigenvalue weighted by molar-refractivity contribution is 8.00. The Bertz CT molecular complexity index is 970. The fourth-order valence-corrected chi connectivity index (χ4v) is 3.43. The number of aryl methyl sites for hydroxylation is 1. The first-order valence-corrected chi connectivity index (χ1v) is 9.19. The smallest absolute Gasteiger partial charge is 0.237 e. The molecular weight excluding hydrogens is 374 g/mol. The number of anilines is 1. The van der Waals surface area contributed by atoms with Crippen LogP contribution in [-0.2, 0) is 11.3 Å². The standard InChI is InChI=1S/C18H18F2N4O2S/c1-4-24-16(13-7-8-26-10(13)2)22-23-18(24)27-11(3)17(25)21-15-6-5-12(19)9-14(15)20/h5-9,11H,4H2,1-3H3,(H,21,25)/t11-/m0/s1. The van der Waals surface area contributed by atoms with Crippen LogP contribution in [0.3, 0.4) is 0 Å². The van der Waals surface area contributed by atoms with Crippen LogP contribution in [0, 0.1) is 18.6 Å². The summed E-state index contributed by atoms with van der Waals surface area (Å²) in [5.74, 6) is -0.562. The van der Waals surface area contributed by atoms with Crippen molar-refractivity contribution in [3.8, 4) is 11.4 Å². The maximum atomic E-state index is 13.7. The Morgan fingerprint density at radius 1 is 1.33 bits per heavy atom. The van der Waals surface area contributed by atoms with Crippen molar-refractivity contribution in [2.75, 3.05) is 5.32 Å². The van der Waals surface area contributed by atoms with Crippen molar-refractivity contribution >= 4 is 23.4 Å². The summed E-state index contributed by atoms with van der Waals surface area (Å²) in [5, 5.41) is 10.8. The lowest BCUT2D eigenvalue weighted by molar-refractivity contribution is -0.115. The Hall–Kier alpha value is -2.68. The van der Waals surface area contributed by atoms with Crippen LogP contribution in [0.25, 0.3) is 11.4 Å². The third-order valence-electron chi connectivity index (χ3n) is 3.97. The molecule has 0 aliphatic carbocycles. The summed E-state index contributed by atoms with van der Waals surface area (Å²) in [6.07, 6.45) is 1.58. The van der Waals surface area contributed by atoms with E-state index in [2.05, 4.69) is 15.5 Å². The molecule has 1 atom stereocenters. The lowest BCUT2D eigenvalue weighted by Gasteiger charge is -2.13. The second kappa shape index (κ2) is 7.91. The number of carbonyl (C=O) groups is 1. The molecule has 9 heteroatoms. The van der Waals surface area contributed by atoms with E-state index in [1.807, 2.05) is 24.5 Å². The van der Waals surface area contributed by atoms with Gasteiger partial charge in [-0.3, -0.25) is 4.79 Å². The molecule has 1 N–H and O–H groups in total. The molecule has 2 aromatic heterocycles. The zero-order valence-electron chi connectivity index (χ0n) is 15.0. The van der Waals surface area contributed by atoms with Gasteiger partial charge in [-0.1, -0.05) is 11.8 Å². The number of thioether (sulfide) groups is 1. The van der Waals surface area contributed by atoms with Gasteiger partial charge >= 0.3 is 0 Å². The van der Waals surface area contributed by atoms with E-state index >= 15 is 0 Å². The van der Waals surface area contributed by atoms with Crippen LogP contribution >= 0.6 is 11.8 Å². The second-order valence-electron chi connectivity index (χ2n) is 5.81. The fourth-order valence-electron chi connectivity index (χ4n) is 2.51. The third kappa shape index (κ3) is 4.02. The van der Waals surface area contributed by atoms with Crippen LogP contribution in [0.2, 0.25) is 0 Å². The van der Waals surface area contributed by atoms with Crippen molar-refractivity contribution in [2.45, 2.75) is 37.7 Å². The SMILES string of the molecule is CCn1c(S[C@@H](C)C(=O)Nc2ccc(F)cc2F)nnc1-c1ccoc1C. The molecule has 0 spiro atoms. The lowest BCUT2D eigenvalue weighted by atomic mass is 10.2. The predicted octanol–water partition coefficient (Wildman–Crippen LogP) is 4.26. The number of benzene rings is 1. The van der Waals surface area contributed by atoms with Gasteiger partial charge in [-0.2, -0.15) is 0 Å². The summed E-state index contributed by atoms with van der Waals surface area (Å²) < 4.78 is 33.9. The van der Waals surface area contributed by atoms with Gasteiger partial charge < -0.3 is 14.3 Å². The number of rotatable bonds is 6. The van der Waals surface area contributed by atoms with Crippen molar-refractivity contribution in [3.63, 3.8) is 0 Å². The molecule has 27 heavy (non-hydrogen) atoms. The second-order valence-corrected chi connectivity index (χ2v) is 7.12. The first-order valence-electron chi connectivity index (χ1n) is 8.31. The molecule has 3 aromatic rings. The molecule has 0 bridgehead atoms. The zero-order chi connectivity index (χ0) is 19.6. The van der Waals surface area contributed by atoms with E-state index in [-0.39, 0.29) is 5.69 Å². The third-order valence-corrected chi connectivity index (χ3v) is 5.05. The number of furan rings is 1. The Balaban J connectivity index is 1.76. The van der Waals surface area contributed by atoms with E-state index in [0.717, 1.165) is 23.5 Å². The summed E-state index contributed by atoms with van der Waals surface area (Å²) in [6.45, 7) is 6.07. The quantitative estimate of drug-likeness (QED) is 0.635. The summed E-state index contributed by atoms with van der Waals surface area (Å²) in [4.78, 5) is 12.4. The summed E-state index contributed by atoms with van der Waals surface area (Å²) >= 11 is 1.21. The van der Waals surface area contributed by atoms with Gasteiger partial charge in [0.15, 0.2) is 11.0 Å². The van der Waals surface area contributed by atoms with E-state index < -0.39 is 22.8 Å². The highest BCUT2D eigenvalue weighted by Gasteiger charge is 2.22. The maximum Gasteiger partial charge on any atom is 0.237 e. The largest absolute Gasteiger partial charge is 0.469 e. The van der Waals surface area contributed by atoms with E-state index in [9.17, 15) is 13.6 Å². The molecule has 3 rings (SSSR count). The van der Waals surface area contributed by atoms with E-state index in [0.29, 0.717) is 17.5 Å². The van der Waals surface area contributed by atoms with Crippen LogP contribution < -0.4 is 5.32 Å². The van der Waals surface area contributed by atoms with Crippen molar-refractivity contribution in [2.24, 2.45) is 0 Å². The molecule has 0 radical (unpaired) electrons. The molecule has 142 valence electrons. The number of halogens is 2. The molecule has 2 heterocycles. The van der Waals surface area contributed by atoms with E-state index in [1.165, 1.54) is 17.8 Å². The molecule has 0 aliphatic heterocycles. The fraction of sp³-hybridized carbons (Fsp3) is 0.278. The van der Waals surface area contributed by atoms with Gasteiger partial charge in [-0.05, 0) is 39.0 Å². The molecule has 6 nitrogen and oxygen atoms in total. The van der Waals surface area contributed by atoms with Gasteiger partial charge in [0.2, 0.25) is 5.91 Å². The Morgan fingerprint density at radius 3 is 2.74 bits per heavy atom. The van der Waals surface area contributed by atoms with Crippen LogP contribution in [0.1, 0.15) is 19.6 Å². The first-order chi connectivity index (χ1) is 12.9. The molecule has 0 fully saturated rings. The topological polar surface area (TPSA) is 73.0 Å². The van der Waals surface area contributed by atoms with Crippen LogP contribution in [0.5, 0.6) is 0 Å². The number of amides is 1. The van der Waals surface area contributed by atoms with Crippen LogP contribution in [-0.4, -0.2) is 25.9 Å². The van der Waals surface area contributed by atoms with Gasteiger partial charge in [-0.15, -0.1) is 10.2 Å². The zero-order valence-corrected chi connectivity index (χ0v) is 15.8. The van der Waals surface area contributed by atoms with E-state index in [1.54, 1.807) is 13.2 Å². The van der Waals surface area contributed by atoms with Crippen LogP contribution in [0.15, 0.2) is 40.1 Å². The first kappa shape index (κ1) is 19.1. The van der Waals surface area contributed by atoms with E-state index in [4.69, 9.17) is 4.42 Å². The number of nitrogens with zero attached hydrogens (tertiary/aromatic N) is 3. The Morgan fingerprint density at radius 2 is 2.11 bits per heavy atom. The highest BCUT2D eigenvalue weighted by Crippen LogP contribution is 2.29. The average Bonchev–Trinajstić information content (AvgIpc) is 3.22. The van der Waals surface area contributed by atoms with Crippen molar-refractivity contribution in [3.05, 3.63) is 47.9 Å². The minimum Gasteiger partial charge on any atom is -0.469 e. The van der Waals surface area contributed by atoms with Gasteiger partial charge in [0.05, 0.1) is 22.8 Å². The number of hydrogen-bond acceptors (Lipinski definition) is 5. The van der Waals surface area contributed by atoms with Crippen molar-refractivity contribution < 1.29 is 18.0 Å². The number of nitrogens with one attached hydrogen (secondary N) is 1. The minimum atomic E-state index is -0.824. The van der Waals surface area contributed by atoms with Gasteiger partial charge in [0, 0.05) is 12.6 Å². The monoisotopic (exact) mass is 392 g/mol. The molecule has 0 saturated heterocycles. The summed E-state index contributed by atoms with van der Waals surface area (Å²) in [7, 11) is 0. The predicted molar refractivity (Wildman–Crippen MR) is 98.4 cm³/mol. The van der Waals surface area contributed by atoms with Crippen LogP contribution in [0.4, 0.5) is 14.5 Å².